The fraction of sp³-hybridized carbons (Fsp3) is 0.263. The zero-order chi connectivity index (χ0) is 18.2. The number of hydrogen-bond donors (Lipinski definition) is 2. The molecule has 6 heteroatoms. The van der Waals surface area contributed by atoms with E-state index in [2.05, 4.69) is 10.6 Å². The van der Waals surface area contributed by atoms with Crippen LogP contribution in [0.4, 0.5) is 11.4 Å². The molecule has 5 nitrogen and oxygen atoms in total. The van der Waals surface area contributed by atoms with Crippen molar-refractivity contribution in [3.8, 4) is 5.75 Å². The third-order valence-electron chi connectivity index (χ3n) is 3.29. The van der Waals surface area contributed by atoms with E-state index in [1.54, 1.807) is 0 Å². The molecule has 0 saturated carbocycles. The molecule has 0 saturated heterocycles. The second kappa shape index (κ2) is 9.13. The Hall–Kier alpha value is -2.47. The molecule has 2 rings (SSSR count). The molecule has 25 heavy (non-hydrogen) atoms. The molecule has 2 N–H and O–H groups in total. The van der Waals surface area contributed by atoms with E-state index >= 15 is 0 Å². The molecule has 0 aliphatic heterocycles. The third-order valence-corrected chi connectivity index (χ3v) is 4.40. The first kappa shape index (κ1) is 18.9. The first-order chi connectivity index (χ1) is 12.0. The van der Waals surface area contributed by atoms with Crippen LogP contribution < -0.4 is 15.4 Å². The second-order valence-electron chi connectivity index (χ2n) is 5.41. The van der Waals surface area contributed by atoms with Gasteiger partial charge < -0.3 is 15.4 Å². The van der Waals surface area contributed by atoms with E-state index in [1.807, 2.05) is 62.4 Å². The monoisotopic (exact) mass is 358 g/mol. The van der Waals surface area contributed by atoms with Crippen molar-refractivity contribution in [1.82, 2.24) is 0 Å². The van der Waals surface area contributed by atoms with Gasteiger partial charge >= 0.3 is 0 Å². The van der Waals surface area contributed by atoms with Gasteiger partial charge in [0.1, 0.15) is 5.75 Å². The Kier molecular flexibility index (Phi) is 6.89. The minimum Gasteiger partial charge on any atom is -0.494 e. The lowest BCUT2D eigenvalue weighted by atomic mass is 10.3. The van der Waals surface area contributed by atoms with Crippen molar-refractivity contribution in [1.29, 1.82) is 0 Å². The Balaban J connectivity index is 1.90. The zero-order valence-electron chi connectivity index (χ0n) is 14.5. The summed E-state index contributed by atoms with van der Waals surface area (Å²) in [5, 5.41) is 5.36. The summed E-state index contributed by atoms with van der Waals surface area (Å²) in [6, 6.07) is 14.7. The number of thioether (sulfide) groups is 1. The van der Waals surface area contributed by atoms with Gasteiger partial charge in [-0.2, -0.15) is 0 Å². The molecular formula is C19H22N2O3S. The molecule has 2 aromatic carbocycles. The summed E-state index contributed by atoms with van der Waals surface area (Å²) < 4.78 is 5.38. The van der Waals surface area contributed by atoms with E-state index in [1.165, 1.54) is 18.7 Å². The molecule has 2 amide bonds. The van der Waals surface area contributed by atoms with E-state index in [4.69, 9.17) is 4.74 Å². The lowest BCUT2D eigenvalue weighted by Gasteiger charge is -2.13. The first-order valence-corrected chi connectivity index (χ1v) is 8.94. The Labute approximate surface area is 152 Å². The SMILES string of the molecule is CCOc1ccc(NC(=O)[C@H](C)Sc2ccc(NC(C)=O)cc2)cc1. The van der Waals surface area contributed by atoms with Gasteiger partial charge in [0.15, 0.2) is 0 Å². The minimum absolute atomic E-state index is 0.0694. The van der Waals surface area contributed by atoms with Crippen molar-refractivity contribution in [2.45, 2.75) is 30.9 Å². The highest BCUT2D eigenvalue weighted by Crippen LogP contribution is 2.26. The fourth-order valence-electron chi connectivity index (χ4n) is 2.12. The van der Waals surface area contributed by atoms with Crippen LogP contribution in [0.15, 0.2) is 53.4 Å². The normalized spacial score (nSPS) is 11.5. The Morgan fingerprint density at radius 1 is 1.00 bits per heavy atom. The van der Waals surface area contributed by atoms with Gasteiger partial charge in [0.2, 0.25) is 11.8 Å². The maximum absolute atomic E-state index is 12.3. The molecule has 0 bridgehead atoms. The minimum atomic E-state index is -0.252. The van der Waals surface area contributed by atoms with E-state index in [0.29, 0.717) is 6.61 Å². The van der Waals surface area contributed by atoms with Gasteiger partial charge in [-0.3, -0.25) is 9.59 Å². The van der Waals surface area contributed by atoms with Gasteiger partial charge in [0, 0.05) is 23.2 Å². The van der Waals surface area contributed by atoms with E-state index < -0.39 is 0 Å². The number of benzene rings is 2. The molecule has 0 fully saturated rings. The van der Waals surface area contributed by atoms with Gasteiger partial charge in [0.05, 0.1) is 11.9 Å². The van der Waals surface area contributed by atoms with Crippen molar-refractivity contribution in [2.75, 3.05) is 17.2 Å². The first-order valence-electron chi connectivity index (χ1n) is 8.06. The summed E-state index contributed by atoms with van der Waals surface area (Å²) in [4.78, 5) is 24.3. The van der Waals surface area contributed by atoms with Crippen molar-refractivity contribution in [3.63, 3.8) is 0 Å². The lowest BCUT2D eigenvalue weighted by molar-refractivity contribution is -0.115. The largest absolute Gasteiger partial charge is 0.494 e. The Morgan fingerprint density at radius 2 is 1.56 bits per heavy atom. The number of carbonyl (C=O) groups excluding carboxylic acids is 2. The summed E-state index contributed by atoms with van der Waals surface area (Å²) in [6.45, 7) is 5.86. The van der Waals surface area contributed by atoms with Crippen molar-refractivity contribution < 1.29 is 14.3 Å². The molecule has 2 aromatic rings. The van der Waals surface area contributed by atoms with Gasteiger partial charge in [-0.15, -0.1) is 11.8 Å². The number of amides is 2. The maximum Gasteiger partial charge on any atom is 0.237 e. The summed E-state index contributed by atoms with van der Waals surface area (Å²) >= 11 is 1.46. The van der Waals surface area contributed by atoms with Crippen molar-refractivity contribution in [3.05, 3.63) is 48.5 Å². The fourth-order valence-corrected chi connectivity index (χ4v) is 2.99. The molecule has 0 unspecified atom stereocenters. The van der Waals surface area contributed by atoms with E-state index in [0.717, 1.165) is 22.0 Å². The number of carbonyl (C=O) groups is 2. The van der Waals surface area contributed by atoms with Gasteiger partial charge in [-0.1, -0.05) is 0 Å². The third kappa shape index (κ3) is 6.15. The van der Waals surface area contributed by atoms with Gasteiger partial charge in [0.25, 0.3) is 0 Å². The van der Waals surface area contributed by atoms with Crippen LogP contribution in [-0.2, 0) is 9.59 Å². The van der Waals surface area contributed by atoms with Crippen LogP contribution in [0.25, 0.3) is 0 Å². The van der Waals surface area contributed by atoms with Crippen LogP contribution in [0.1, 0.15) is 20.8 Å². The van der Waals surface area contributed by atoms with E-state index in [-0.39, 0.29) is 17.1 Å². The summed E-state index contributed by atoms with van der Waals surface area (Å²) in [5.41, 5.74) is 1.48. The molecule has 0 heterocycles. The van der Waals surface area contributed by atoms with Crippen LogP contribution >= 0.6 is 11.8 Å². The van der Waals surface area contributed by atoms with E-state index in [9.17, 15) is 9.59 Å². The van der Waals surface area contributed by atoms with Crippen LogP contribution in [-0.4, -0.2) is 23.7 Å². The number of anilines is 2. The smallest absolute Gasteiger partial charge is 0.237 e. The Bertz CT molecular complexity index is 714. The van der Waals surface area contributed by atoms with Gasteiger partial charge in [-0.05, 0) is 62.4 Å². The topological polar surface area (TPSA) is 67.4 Å². The summed E-state index contributed by atoms with van der Waals surface area (Å²) in [7, 11) is 0. The molecular weight excluding hydrogens is 336 g/mol. The molecule has 0 aromatic heterocycles. The number of ether oxygens (including phenoxy) is 1. The predicted octanol–water partition coefficient (Wildman–Crippen LogP) is 4.16. The predicted molar refractivity (Wildman–Crippen MR) is 102 cm³/mol. The average molecular weight is 358 g/mol. The molecule has 0 radical (unpaired) electrons. The molecule has 0 spiro atoms. The summed E-state index contributed by atoms with van der Waals surface area (Å²) in [5.74, 6) is 0.603. The standard InChI is InChI=1S/C19H22N2O3S/c1-4-24-17-9-5-16(6-10-17)21-19(23)13(2)25-18-11-7-15(8-12-18)20-14(3)22/h5-13H,4H2,1-3H3,(H,20,22)(H,21,23)/t13-/m0/s1. The second-order valence-corrected chi connectivity index (χ2v) is 6.83. The molecule has 0 aliphatic carbocycles. The molecule has 132 valence electrons. The number of rotatable bonds is 7. The number of nitrogens with one attached hydrogen (secondary N) is 2. The van der Waals surface area contributed by atoms with Crippen LogP contribution in [0, 0.1) is 0 Å². The van der Waals surface area contributed by atoms with Crippen molar-refractivity contribution in [2.24, 2.45) is 0 Å². The van der Waals surface area contributed by atoms with Crippen LogP contribution in [0.2, 0.25) is 0 Å². The highest BCUT2D eigenvalue weighted by Gasteiger charge is 2.14. The average Bonchev–Trinajstić information content (AvgIpc) is 2.58. The van der Waals surface area contributed by atoms with Gasteiger partial charge in [-0.25, -0.2) is 0 Å². The number of hydrogen-bond acceptors (Lipinski definition) is 4. The highest BCUT2D eigenvalue weighted by atomic mass is 32.2. The maximum atomic E-state index is 12.3. The quantitative estimate of drug-likeness (QED) is 0.729. The van der Waals surface area contributed by atoms with Crippen molar-refractivity contribution >= 4 is 35.0 Å². The zero-order valence-corrected chi connectivity index (χ0v) is 15.4. The molecule has 1 atom stereocenters. The summed E-state index contributed by atoms with van der Waals surface area (Å²) in [6.07, 6.45) is 0. The highest BCUT2D eigenvalue weighted by molar-refractivity contribution is 8.00. The van der Waals surface area contributed by atoms with Crippen LogP contribution in [0.3, 0.4) is 0 Å². The van der Waals surface area contributed by atoms with Crippen LogP contribution in [0.5, 0.6) is 5.75 Å². The molecule has 0 aliphatic rings. The lowest BCUT2D eigenvalue weighted by Crippen LogP contribution is -2.22. The Morgan fingerprint density at radius 3 is 2.12 bits per heavy atom.